The van der Waals surface area contributed by atoms with E-state index in [1.54, 1.807) is 30.6 Å². The summed E-state index contributed by atoms with van der Waals surface area (Å²) < 4.78 is 5.03. The van der Waals surface area contributed by atoms with Crippen molar-refractivity contribution in [3.05, 3.63) is 46.2 Å². The van der Waals surface area contributed by atoms with Crippen LogP contribution in [0.1, 0.15) is 17.4 Å². The van der Waals surface area contributed by atoms with Crippen LogP contribution in [0.4, 0.5) is 0 Å². The van der Waals surface area contributed by atoms with Crippen LogP contribution in [0.15, 0.2) is 35.7 Å². The number of hydrogen-bond acceptors (Lipinski definition) is 4. The van der Waals surface area contributed by atoms with Crippen LogP contribution < -0.4 is 10.1 Å². The van der Waals surface area contributed by atoms with Gasteiger partial charge in [0.2, 0.25) is 0 Å². The van der Waals surface area contributed by atoms with E-state index in [4.69, 9.17) is 4.74 Å². The molecular weight excluding hydrogens is 258 g/mol. The minimum absolute atomic E-state index is 0.188. The molecule has 4 heteroatoms. The first-order valence-electron chi connectivity index (χ1n) is 6.30. The summed E-state index contributed by atoms with van der Waals surface area (Å²) in [4.78, 5) is 1.39. The molecule has 1 aromatic heterocycles. The Morgan fingerprint density at radius 1 is 1.37 bits per heavy atom. The molecule has 0 aliphatic carbocycles. The van der Waals surface area contributed by atoms with Crippen molar-refractivity contribution in [1.29, 1.82) is 0 Å². The molecule has 0 amide bonds. The molecule has 0 saturated carbocycles. The summed E-state index contributed by atoms with van der Waals surface area (Å²) in [5, 5.41) is 15.3. The highest BCUT2D eigenvalue weighted by Gasteiger charge is 2.06. The second-order valence-corrected chi connectivity index (χ2v) is 5.60. The van der Waals surface area contributed by atoms with Crippen LogP contribution in [0, 0.1) is 0 Å². The number of methoxy groups -OCH3 is 1. The third-order valence-corrected chi connectivity index (χ3v) is 3.88. The van der Waals surface area contributed by atoms with Crippen molar-refractivity contribution in [3.8, 4) is 11.5 Å². The summed E-state index contributed by atoms with van der Waals surface area (Å²) in [7, 11) is 1.55. The van der Waals surface area contributed by atoms with E-state index in [0.717, 1.165) is 18.5 Å². The number of ether oxygens (including phenoxy) is 1. The highest BCUT2D eigenvalue weighted by molar-refractivity contribution is 7.09. The second kappa shape index (κ2) is 6.59. The number of phenols is 1. The third kappa shape index (κ3) is 3.98. The van der Waals surface area contributed by atoms with E-state index in [-0.39, 0.29) is 5.75 Å². The minimum Gasteiger partial charge on any atom is -0.504 e. The fraction of sp³-hybridized carbons (Fsp3) is 0.333. The van der Waals surface area contributed by atoms with E-state index >= 15 is 0 Å². The minimum atomic E-state index is 0.188. The number of thiophene rings is 1. The molecule has 0 bridgehead atoms. The number of phenolic OH excluding ortho intramolecular Hbond substituents is 1. The molecular formula is C15H19NO2S. The number of benzene rings is 1. The zero-order valence-electron chi connectivity index (χ0n) is 11.2. The van der Waals surface area contributed by atoms with Gasteiger partial charge in [-0.1, -0.05) is 12.1 Å². The molecule has 0 fully saturated rings. The van der Waals surface area contributed by atoms with E-state index < -0.39 is 0 Å². The molecule has 0 aliphatic rings. The zero-order valence-corrected chi connectivity index (χ0v) is 12.0. The van der Waals surface area contributed by atoms with Gasteiger partial charge in [-0.2, -0.15) is 0 Å². The molecule has 0 saturated heterocycles. The summed E-state index contributed by atoms with van der Waals surface area (Å²) in [6.07, 6.45) is 1.03. The predicted octanol–water partition coefficient (Wildman–Crippen LogP) is 3.18. The van der Waals surface area contributed by atoms with E-state index in [1.165, 1.54) is 4.88 Å². The molecule has 1 aromatic carbocycles. The second-order valence-electron chi connectivity index (χ2n) is 4.57. The molecule has 1 heterocycles. The standard InChI is InChI=1S/C15H19NO2S/c1-11(8-13-4-3-7-19-13)16-10-12-5-6-15(18-2)14(17)9-12/h3-7,9,11,16-17H,8,10H2,1-2H3. The van der Waals surface area contributed by atoms with Crippen molar-refractivity contribution in [3.63, 3.8) is 0 Å². The molecule has 2 aromatic rings. The van der Waals surface area contributed by atoms with Crippen LogP contribution in [0.25, 0.3) is 0 Å². The van der Waals surface area contributed by atoms with Crippen molar-refractivity contribution in [1.82, 2.24) is 5.32 Å². The number of hydrogen-bond donors (Lipinski definition) is 2. The fourth-order valence-electron chi connectivity index (χ4n) is 1.94. The first-order valence-corrected chi connectivity index (χ1v) is 7.18. The molecule has 0 aliphatic heterocycles. The van der Waals surface area contributed by atoms with E-state index in [1.807, 2.05) is 6.07 Å². The van der Waals surface area contributed by atoms with E-state index in [9.17, 15) is 5.11 Å². The Kier molecular flexibility index (Phi) is 4.82. The molecule has 3 nitrogen and oxygen atoms in total. The Bertz CT molecular complexity index is 511. The Morgan fingerprint density at radius 3 is 2.84 bits per heavy atom. The number of rotatable bonds is 6. The lowest BCUT2D eigenvalue weighted by molar-refractivity contribution is 0.373. The van der Waals surface area contributed by atoms with Gasteiger partial charge >= 0.3 is 0 Å². The summed E-state index contributed by atoms with van der Waals surface area (Å²) in [6, 6.07) is 10.1. The average Bonchev–Trinajstić information content (AvgIpc) is 2.89. The largest absolute Gasteiger partial charge is 0.504 e. The average molecular weight is 277 g/mol. The van der Waals surface area contributed by atoms with Gasteiger partial charge in [-0.05, 0) is 42.5 Å². The van der Waals surface area contributed by atoms with Crippen molar-refractivity contribution in [2.24, 2.45) is 0 Å². The molecule has 2 N–H and O–H groups in total. The van der Waals surface area contributed by atoms with Gasteiger partial charge in [-0.3, -0.25) is 0 Å². The monoisotopic (exact) mass is 277 g/mol. The van der Waals surface area contributed by atoms with Gasteiger partial charge in [-0.25, -0.2) is 0 Å². The quantitative estimate of drug-likeness (QED) is 0.852. The third-order valence-electron chi connectivity index (χ3n) is 2.99. The highest BCUT2D eigenvalue weighted by atomic mass is 32.1. The van der Waals surface area contributed by atoms with Gasteiger partial charge in [-0.15, -0.1) is 11.3 Å². The van der Waals surface area contributed by atoms with Crippen LogP contribution >= 0.6 is 11.3 Å². The molecule has 1 unspecified atom stereocenters. The molecule has 1 atom stereocenters. The summed E-state index contributed by atoms with van der Waals surface area (Å²) in [5.41, 5.74) is 1.05. The summed E-state index contributed by atoms with van der Waals surface area (Å²) in [6.45, 7) is 2.91. The maximum Gasteiger partial charge on any atom is 0.160 e. The predicted molar refractivity (Wildman–Crippen MR) is 79.0 cm³/mol. The number of nitrogens with one attached hydrogen (secondary N) is 1. The first kappa shape index (κ1) is 13.9. The van der Waals surface area contributed by atoms with Gasteiger partial charge in [0.1, 0.15) is 0 Å². The Hall–Kier alpha value is -1.52. The Labute approximate surface area is 117 Å². The fourth-order valence-corrected chi connectivity index (χ4v) is 2.78. The van der Waals surface area contributed by atoms with Gasteiger partial charge in [0.15, 0.2) is 11.5 Å². The van der Waals surface area contributed by atoms with E-state index in [0.29, 0.717) is 11.8 Å². The van der Waals surface area contributed by atoms with Gasteiger partial charge in [0.05, 0.1) is 7.11 Å². The Balaban J connectivity index is 1.86. The van der Waals surface area contributed by atoms with Crippen LogP contribution in [-0.2, 0) is 13.0 Å². The smallest absolute Gasteiger partial charge is 0.160 e. The zero-order chi connectivity index (χ0) is 13.7. The van der Waals surface area contributed by atoms with Crippen molar-refractivity contribution in [2.45, 2.75) is 25.9 Å². The van der Waals surface area contributed by atoms with E-state index in [2.05, 4.69) is 29.8 Å². The molecule has 102 valence electrons. The molecule has 0 spiro atoms. The van der Waals surface area contributed by atoms with Gasteiger partial charge < -0.3 is 15.2 Å². The highest BCUT2D eigenvalue weighted by Crippen LogP contribution is 2.26. The molecule has 19 heavy (non-hydrogen) atoms. The first-order chi connectivity index (χ1) is 9.19. The van der Waals surface area contributed by atoms with Crippen molar-refractivity contribution < 1.29 is 9.84 Å². The van der Waals surface area contributed by atoms with Crippen LogP contribution in [0.2, 0.25) is 0 Å². The van der Waals surface area contributed by atoms with Crippen LogP contribution in [0.5, 0.6) is 11.5 Å². The normalized spacial score (nSPS) is 12.3. The van der Waals surface area contributed by atoms with Crippen LogP contribution in [-0.4, -0.2) is 18.3 Å². The van der Waals surface area contributed by atoms with Gasteiger partial charge in [0, 0.05) is 17.5 Å². The van der Waals surface area contributed by atoms with Crippen molar-refractivity contribution >= 4 is 11.3 Å². The Morgan fingerprint density at radius 2 is 2.21 bits per heavy atom. The SMILES string of the molecule is COc1ccc(CNC(C)Cc2cccs2)cc1O. The van der Waals surface area contributed by atoms with Crippen molar-refractivity contribution in [2.75, 3.05) is 7.11 Å². The molecule has 2 rings (SSSR count). The number of aromatic hydroxyl groups is 1. The topological polar surface area (TPSA) is 41.5 Å². The maximum atomic E-state index is 9.71. The maximum absolute atomic E-state index is 9.71. The summed E-state index contributed by atoms with van der Waals surface area (Å²) >= 11 is 1.78. The molecule has 0 radical (unpaired) electrons. The lowest BCUT2D eigenvalue weighted by Gasteiger charge is -2.13. The lowest BCUT2D eigenvalue weighted by Crippen LogP contribution is -2.27. The van der Waals surface area contributed by atoms with Crippen LogP contribution in [0.3, 0.4) is 0 Å². The van der Waals surface area contributed by atoms with Gasteiger partial charge in [0.25, 0.3) is 0 Å². The summed E-state index contributed by atoms with van der Waals surface area (Å²) in [5.74, 6) is 0.697. The lowest BCUT2D eigenvalue weighted by atomic mass is 10.1.